The minimum atomic E-state index is 0.0418. The van der Waals surface area contributed by atoms with Gasteiger partial charge in [-0.1, -0.05) is 91.0 Å². The molecular weight excluding hydrogens is 625 g/mol. The van der Waals surface area contributed by atoms with E-state index in [1.165, 1.54) is 5.70 Å². The molecule has 0 bridgehead atoms. The third-order valence-electron chi connectivity index (χ3n) is 9.72. The van der Waals surface area contributed by atoms with Crippen LogP contribution < -0.4 is 4.90 Å². The molecule has 1 unspecified atom stereocenters. The van der Waals surface area contributed by atoms with E-state index in [-0.39, 0.29) is 6.04 Å². The Balaban J connectivity index is 1.27. The van der Waals surface area contributed by atoms with Gasteiger partial charge in [0.25, 0.3) is 0 Å². The van der Waals surface area contributed by atoms with Gasteiger partial charge in [0.1, 0.15) is 17.5 Å². The predicted molar refractivity (Wildman–Crippen MR) is 208 cm³/mol. The number of para-hydroxylation sites is 7. The number of allylic oxidation sites excluding steroid dienone is 2. The van der Waals surface area contributed by atoms with Crippen molar-refractivity contribution in [1.82, 2.24) is 19.1 Å². The van der Waals surface area contributed by atoms with Gasteiger partial charge in [0.05, 0.1) is 28.1 Å². The molecule has 0 N–H and O–H groups in total. The van der Waals surface area contributed by atoms with Crippen molar-refractivity contribution in [2.24, 2.45) is 4.99 Å². The smallest absolute Gasteiger partial charge is 0.145 e. The number of rotatable bonds is 6. The van der Waals surface area contributed by atoms with Gasteiger partial charge >= 0.3 is 0 Å². The third kappa shape index (κ3) is 4.91. The van der Waals surface area contributed by atoms with Crippen LogP contribution in [0.15, 0.2) is 187 Å². The summed E-state index contributed by atoms with van der Waals surface area (Å²) in [5, 5.41) is 0. The second kappa shape index (κ2) is 12.0. The van der Waals surface area contributed by atoms with Crippen molar-refractivity contribution in [3.05, 3.63) is 187 Å². The van der Waals surface area contributed by atoms with Crippen molar-refractivity contribution in [3.8, 4) is 34.2 Å². The summed E-state index contributed by atoms with van der Waals surface area (Å²) in [6, 6.07) is 55.0. The lowest BCUT2D eigenvalue weighted by atomic mass is 10.0. The molecule has 10 rings (SSSR count). The fourth-order valence-electron chi connectivity index (χ4n) is 7.46. The zero-order valence-corrected chi connectivity index (χ0v) is 27.7. The van der Waals surface area contributed by atoms with Crippen molar-refractivity contribution in [1.29, 1.82) is 0 Å². The van der Waals surface area contributed by atoms with Crippen LogP contribution in [-0.2, 0) is 0 Å². The normalized spacial score (nSPS) is 15.3. The summed E-state index contributed by atoms with van der Waals surface area (Å²) in [4.78, 5) is 18.3. The molecule has 6 aromatic carbocycles. The lowest BCUT2D eigenvalue weighted by Crippen LogP contribution is -2.28. The first kappa shape index (κ1) is 29.2. The van der Waals surface area contributed by atoms with Gasteiger partial charge in [-0.25, -0.2) is 9.97 Å². The zero-order valence-electron chi connectivity index (χ0n) is 27.7. The van der Waals surface area contributed by atoms with Crippen LogP contribution in [0, 0.1) is 0 Å². The van der Waals surface area contributed by atoms with Crippen LogP contribution in [0.2, 0.25) is 0 Å². The number of fused-ring (bicyclic) bond motifs is 3. The molecular formula is C45H32N6. The number of nitrogens with zero attached hydrogens (tertiary/aromatic N) is 6. The number of aromatic nitrogens is 4. The molecule has 1 aliphatic heterocycles. The molecule has 0 amide bonds. The Morgan fingerprint density at radius 2 is 0.961 bits per heavy atom. The van der Waals surface area contributed by atoms with E-state index in [4.69, 9.17) is 15.0 Å². The van der Waals surface area contributed by atoms with Crippen LogP contribution in [0.1, 0.15) is 12.0 Å². The summed E-state index contributed by atoms with van der Waals surface area (Å²) < 4.78 is 4.52. The Morgan fingerprint density at radius 3 is 1.51 bits per heavy atom. The number of hydrogen-bond donors (Lipinski definition) is 0. The SMILES string of the molecule is C1=CCC2N=C(c3cc(-c4nc5ccccc5n4-c4ccccc4)cc(-c4nc5ccccc5n4-c4ccccc4)c3)N(c3ccccc3)C2=C1. The van der Waals surface area contributed by atoms with Gasteiger partial charge < -0.3 is 0 Å². The second-order valence-corrected chi connectivity index (χ2v) is 12.9. The molecule has 0 radical (unpaired) electrons. The maximum atomic E-state index is 5.42. The number of aliphatic imine (C=N–C) groups is 1. The number of amidine groups is 1. The van der Waals surface area contributed by atoms with Crippen molar-refractivity contribution in [2.45, 2.75) is 12.5 Å². The summed E-state index contributed by atoms with van der Waals surface area (Å²) in [7, 11) is 0. The fourth-order valence-corrected chi connectivity index (χ4v) is 7.46. The monoisotopic (exact) mass is 656 g/mol. The molecule has 1 aliphatic carbocycles. The minimum absolute atomic E-state index is 0.0418. The first-order chi connectivity index (χ1) is 25.3. The number of anilines is 1. The maximum Gasteiger partial charge on any atom is 0.145 e. The molecule has 8 aromatic rings. The summed E-state index contributed by atoms with van der Waals surface area (Å²) in [5.74, 6) is 2.63. The van der Waals surface area contributed by atoms with E-state index in [2.05, 4.69) is 178 Å². The van der Waals surface area contributed by atoms with Crippen LogP contribution in [0.25, 0.3) is 56.2 Å². The largest absolute Gasteiger partial charge is 0.296 e. The van der Waals surface area contributed by atoms with E-state index >= 15 is 0 Å². The number of imidazole rings is 2. The molecule has 2 aliphatic rings. The summed E-state index contributed by atoms with van der Waals surface area (Å²) in [5.41, 5.74) is 11.3. The average Bonchev–Trinajstić information content (AvgIpc) is 3.91. The van der Waals surface area contributed by atoms with Gasteiger partial charge in [-0.2, -0.15) is 0 Å². The maximum absolute atomic E-state index is 5.42. The quantitative estimate of drug-likeness (QED) is 0.179. The van der Waals surface area contributed by atoms with Crippen molar-refractivity contribution in [2.75, 3.05) is 4.90 Å². The van der Waals surface area contributed by atoms with Gasteiger partial charge in [-0.15, -0.1) is 0 Å². The van der Waals surface area contributed by atoms with Crippen molar-refractivity contribution < 1.29 is 0 Å². The van der Waals surface area contributed by atoms with Crippen LogP contribution in [0.5, 0.6) is 0 Å². The number of hydrogen-bond acceptors (Lipinski definition) is 4. The fraction of sp³-hybridized carbons (Fsp3) is 0.0444. The second-order valence-electron chi connectivity index (χ2n) is 12.9. The highest BCUT2D eigenvalue weighted by molar-refractivity contribution is 6.15. The van der Waals surface area contributed by atoms with E-state index in [1.54, 1.807) is 0 Å². The zero-order chi connectivity index (χ0) is 33.7. The van der Waals surface area contributed by atoms with E-state index in [0.29, 0.717) is 0 Å². The van der Waals surface area contributed by atoms with Crippen LogP contribution >= 0.6 is 0 Å². The molecule has 0 saturated heterocycles. The van der Waals surface area contributed by atoms with Gasteiger partial charge in [0, 0.05) is 39.4 Å². The molecule has 3 heterocycles. The topological polar surface area (TPSA) is 51.2 Å². The highest BCUT2D eigenvalue weighted by Crippen LogP contribution is 2.39. The average molecular weight is 657 g/mol. The molecule has 242 valence electrons. The third-order valence-corrected chi connectivity index (χ3v) is 9.72. The van der Waals surface area contributed by atoms with Gasteiger partial charge in [0.15, 0.2) is 0 Å². The molecule has 0 saturated carbocycles. The van der Waals surface area contributed by atoms with Crippen LogP contribution in [0.3, 0.4) is 0 Å². The summed E-state index contributed by atoms with van der Waals surface area (Å²) >= 11 is 0. The Kier molecular flexibility index (Phi) is 6.84. The molecule has 1 atom stereocenters. The molecule has 6 heteroatoms. The summed E-state index contributed by atoms with van der Waals surface area (Å²) in [6.45, 7) is 0. The van der Waals surface area contributed by atoms with Gasteiger partial charge in [0.2, 0.25) is 0 Å². The van der Waals surface area contributed by atoms with E-state index in [9.17, 15) is 0 Å². The minimum Gasteiger partial charge on any atom is -0.296 e. The molecule has 6 nitrogen and oxygen atoms in total. The Hall–Kier alpha value is -6.79. The molecule has 0 spiro atoms. The highest BCUT2D eigenvalue weighted by Gasteiger charge is 2.34. The molecule has 51 heavy (non-hydrogen) atoms. The lowest BCUT2D eigenvalue weighted by Gasteiger charge is -2.25. The van der Waals surface area contributed by atoms with Crippen LogP contribution in [0.4, 0.5) is 5.69 Å². The van der Waals surface area contributed by atoms with Crippen LogP contribution in [-0.4, -0.2) is 31.0 Å². The van der Waals surface area contributed by atoms with E-state index in [0.717, 1.165) is 79.7 Å². The van der Waals surface area contributed by atoms with Crippen molar-refractivity contribution >= 4 is 33.6 Å². The summed E-state index contributed by atoms with van der Waals surface area (Å²) in [6.07, 6.45) is 7.41. The predicted octanol–water partition coefficient (Wildman–Crippen LogP) is 10.2. The van der Waals surface area contributed by atoms with Gasteiger partial charge in [-0.3, -0.25) is 19.0 Å². The highest BCUT2D eigenvalue weighted by atomic mass is 15.3. The Bertz CT molecular complexity index is 2530. The Morgan fingerprint density at radius 1 is 0.490 bits per heavy atom. The van der Waals surface area contributed by atoms with Gasteiger partial charge in [-0.05, 0) is 91.4 Å². The van der Waals surface area contributed by atoms with Crippen molar-refractivity contribution in [3.63, 3.8) is 0 Å². The standard InChI is InChI=1S/C45H32N6/c1-4-16-34(17-5-1)49-40-25-13-10-22-37(40)46-43(49)31-28-32(44-47-38-23-11-14-26-41(38)50(44)35-18-6-2-7-19-35)30-33(29-31)45-48-39-24-12-15-27-42(39)51(45)36-20-8-3-9-21-36/h1-23,25-30,39H,24H2. The first-order valence-electron chi connectivity index (χ1n) is 17.3. The molecule has 0 fully saturated rings. The lowest BCUT2D eigenvalue weighted by molar-refractivity contribution is 0.797. The first-order valence-corrected chi connectivity index (χ1v) is 17.3. The van der Waals surface area contributed by atoms with E-state index in [1.807, 2.05) is 12.1 Å². The number of benzene rings is 6. The van der Waals surface area contributed by atoms with E-state index < -0.39 is 0 Å². The molecule has 2 aromatic heterocycles. The Labute approximate surface area is 295 Å².